The molecule has 1 atom stereocenters. The highest BCUT2D eigenvalue weighted by Gasteiger charge is 2.58. The second kappa shape index (κ2) is 4.19. The molecule has 2 heterocycles. The van der Waals surface area contributed by atoms with Gasteiger partial charge >= 0.3 is 0 Å². The average Bonchev–Trinajstić information content (AvgIpc) is 2.96. The predicted molar refractivity (Wildman–Crippen MR) is 77.9 cm³/mol. The minimum absolute atomic E-state index is 0.186. The minimum Gasteiger partial charge on any atom is -0.453 e. The number of hydrogen-bond acceptors (Lipinski definition) is 3. The highest BCUT2D eigenvalue weighted by Crippen LogP contribution is 2.59. The van der Waals surface area contributed by atoms with E-state index in [0.717, 1.165) is 48.9 Å². The molecule has 104 valence electrons. The largest absolute Gasteiger partial charge is 0.453 e. The maximum atomic E-state index is 12.6. The number of ketones is 1. The molecule has 2 aromatic rings. The Balaban J connectivity index is 1.63. The lowest BCUT2D eigenvalue weighted by Gasteiger charge is -2.22. The number of Topliss-reactive ketones (excluding diaryl/α,β-unsaturated/α-hetero) is 1. The quantitative estimate of drug-likeness (QED) is 0.850. The van der Waals surface area contributed by atoms with Crippen LogP contribution < -0.4 is 5.32 Å². The zero-order chi connectivity index (χ0) is 13.7. The number of nitrogens with one attached hydrogen (secondary N) is 1. The zero-order valence-electron chi connectivity index (χ0n) is 11.7. The Kier molecular flexibility index (Phi) is 2.55. The molecule has 2 fully saturated rings. The van der Waals surface area contributed by atoms with Crippen LogP contribution in [0.15, 0.2) is 28.7 Å². The van der Waals surface area contributed by atoms with E-state index >= 15 is 0 Å². The average molecular weight is 269 g/mol. The van der Waals surface area contributed by atoms with Crippen LogP contribution in [-0.4, -0.2) is 18.9 Å². The van der Waals surface area contributed by atoms with Crippen LogP contribution in [0.4, 0.5) is 0 Å². The molecule has 3 nitrogen and oxygen atoms in total. The van der Waals surface area contributed by atoms with Crippen molar-refractivity contribution in [2.24, 2.45) is 11.3 Å². The summed E-state index contributed by atoms with van der Waals surface area (Å²) in [5.41, 5.74) is 2.22. The van der Waals surface area contributed by atoms with Crippen molar-refractivity contribution in [2.75, 3.05) is 13.1 Å². The molecule has 0 radical (unpaired) electrons. The van der Waals surface area contributed by atoms with E-state index in [0.29, 0.717) is 5.76 Å². The number of rotatable bonds is 2. The van der Waals surface area contributed by atoms with Gasteiger partial charge in [0.15, 0.2) is 5.76 Å². The van der Waals surface area contributed by atoms with E-state index < -0.39 is 0 Å². The van der Waals surface area contributed by atoms with Gasteiger partial charge in [0.2, 0.25) is 5.78 Å². The van der Waals surface area contributed by atoms with E-state index in [9.17, 15) is 4.79 Å². The number of furan rings is 1. The number of piperidine rings is 1. The Morgan fingerprint density at radius 3 is 2.90 bits per heavy atom. The van der Waals surface area contributed by atoms with Gasteiger partial charge in [0.05, 0.1) is 0 Å². The van der Waals surface area contributed by atoms with Crippen molar-refractivity contribution in [1.82, 2.24) is 5.32 Å². The van der Waals surface area contributed by atoms with Crippen LogP contribution in [0.25, 0.3) is 11.0 Å². The van der Waals surface area contributed by atoms with Crippen LogP contribution in [-0.2, 0) is 0 Å². The van der Waals surface area contributed by atoms with Crippen LogP contribution in [0.5, 0.6) is 0 Å². The van der Waals surface area contributed by atoms with Gasteiger partial charge in [0, 0.05) is 11.3 Å². The number of benzene rings is 1. The monoisotopic (exact) mass is 269 g/mol. The smallest absolute Gasteiger partial charge is 0.201 e. The lowest BCUT2D eigenvalue weighted by Crippen LogP contribution is -2.30. The van der Waals surface area contributed by atoms with Crippen molar-refractivity contribution in [2.45, 2.75) is 26.2 Å². The number of hydrogen-bond donors (Lipinski definition) is 1. The lowest BCUT2D eigenvalue weighted by molar-refractivity contribution is 0.0915. The normalized spacial score (nSPS) is 24.1. The summed E-state index contributed by atoms with van der Waals surface area (Å²) >= 11 is 0. The van der Waals surface area contributed by atoms with Crippen molar-refractivity contribution in [3.8, 4) is 0 Å². The van der Waals surface area contributed by atoms with Gasteiger partial charge in [-0.05, 0) is 56.3 Å². The molecule has 3 heteroatoms. The summed E-state index contributed by atoms with van der Waals surface area (Å²) in [6.07, 6.45) is 3.30. The van der Waals surface area contributed by atoms with Crippen LogP contribution in [0.1, 0.15) is 35.4 Å². The Bertz CT molecular complexity index is 679. The first-order valence-corrected chi connectivity index (χ1v) is 7.44. The van der Waals surface area contributed by atoms with Gasteiger partial charge in [-0.3, -0.25) is 4.79 Å². The van der Waals surface area contributed by atoms with Crippen molar-refractivity contribution in [3.05, 3.63) is 35.6 Å². The molecule has 20 heavy (non-hydrogen) atoms. The lowest BCUT2D eigenvalue weighted by atomic mass is 9.90. The van der Waals surface area contributed by atoms with Gasteiger partial charge in [0.25, 0.3) is 0 Å². The van der Waals surface area contributed by atoms with E-state index in [1.54, 1.807) is 0 Å². The third-order valence-corrected chi connectivity index (χ3v) is 5.09. The van der Waals surface area contributed by atoms with Gasteiger partial charge in [-0.1, -0.05) is 18.2 Å². The maximum absolute atomic E-state index is 12.6. The number of carbonyl (C=O) groups is 1. The summed E-state index contributed by atoms with van der Waals surface area (Å²) in [6.45, 7) is 4.11. The fourth-order valence-electron chi connectivity index (χ4n) is 3.70. The molecule has 1 saturated heterocycles. The van der Waals surface area contributed by atoms with Crippen molar-refractivity contribution < 1.29 is 9.21 Å². The zero-order valence-corrected chi connectivity index (χ0v) is 11.7. The Morgan fingerprint density at radius 2 is 2.15 bits per heavy atom. The van der Waals surface area contributed by atoms with Crippen molar-refractivity contribution in [1.29, 1.82) is 0 Å². The first-order chi connectivity index (χ1) is 9.70. The topological polar surface area (TPSA) is 42.2 Å². The van der Waals surface area contributed by atoms with E-state index in [1.165, 1.54) is 0 Å². The highest BCUT2D eigenvalue weighted by atomic mass is 16.3. The number of fused-ring (bicyclic) bond motifs is 1. The standard InChI is InChI=1S/C17H19NO2/c1-11-3-2-4-12-9-14(20-16(11)12)15(19)13-10-17(13)5-7-18-8-6-17/h2-4,9,13,18H,5-8,10H2,1H3. The summed E-state index contributed by atoms with van der Waals surface area (Å²) in [4.78, 5) is 12.6. The van der Waals surface area contributed by atoms with E-state index in [1.807, 2.05) is 31.2 Å². The van der Waals surface area contributed by atoms with Crippen LogP contribution >= 0.6 is 0 Å². The van der Waals surface area contributed by atoms with E-state index in [4.69, 9.17) is 4.42 Å². The Hall–Kier alpha value is -1.61. The molecular formula is C17H19NO2. The fraction of sp³-hybridized carbons (Fsp3) is 0.471. The van der Waals surface area contributed by atoms with E-state index in [-0.39, 0.29) is 17.1 Å². The number of carbonyl (C=O) groups excluding carboxylic acids is 1. The first-order valence-electron chi connectivity index (χ1n) is 7.44. The molecule has 4 rings (SSSR count). The van der Waals surface area contributed by atoms with Crippen molar-refractivity contribution in [3.63, 3.8) is 0 Å². The first kappa shape index (κ1) is 12.2. The highest BCUT2D eigenvalue weighted by molar-refractivity contribution is 6.01. The molecule has 0 bridgehead atoms. The molecule has 0 amide bonds. The third-order valence-electron chi connectivity index (χ3n) is 5.09. The van der Waals surface area contributed by atoms with Gasteiger partial charge in [-0.2, -0.15) is 0 Å². The molecule has 1 aliphatic carbocycles. The molecule has 1 aromatic heterocycles. The molecule has 2 aliphatic rings. The Morgan fingerprint density at radius 1 is 1.35 bits per heavy atom. The van der Waals surface area contributed by atoms with Crippen molar-refractivity contribution >= 4 is 16.8 Å². The van der Waals surface area contributed by atoms with Crippen LogP contribution in [0, 0.1) is 18.3 Å². The maximum Gasteiger partial charge on any atom is 0.201 e. The van der Waals surface area contributed by atoms with Gasteiger partial charge in [-0.15, -0.1) is 0 Å². The summed E-state index contributed by atoms with van der Waals surface area (Å²) in [5.74, 6) is 0.947. The van der Waals surface area contributed by atoms with Gasteiger partial charge in [-0.25, -0.2) is 0 Å². The molecule has 1 unspecified atom stereocenters. The second-order valence-corrected chi connectivity index (χ2v) is 6.34. The summed E-state index contributed by atoms with van der Waals surface area (Å²) in [7, 11) is 0. The third kappa shape index (κ3) is 1.73. The molecule has 1 N–H and O–H groups in total. The van der Waals surface area contributed by atoms with Gasteiger partial charge < -0.3 is 9.73 Å². The number of para-hydroxylation sites is 1. The van der Waals surface area contributed by atoms with E-state index in [2.05, 4.69) is 5.32 Å². The Labute approximate surface area is 118 Å². The second-order valence-electron chi connectivity index (χ2n) is 6.34. The molecule has 1 spiro atoms. The van der Waals surface area contributed by atoms with Crippen LogP contribution in [0.3, 0.4) is 0 Å². The summed E-state index contributed by atoms with van der Waals surface area (Å²) in [5, 5.41) is 4.41. The SMILES string of the molecule is Cc1cccc2cc(C(=O)C3CC34CCNCC4)oc12. The molecule has 1 saturated carbocycles. The molecule has 1 aliphatic heterocycles. The fourth-order valence-corrected chi connectivity index (χ4v) is 3.70. The molecule has 1 aromatic carbocycles. The number of aryl methyl sites for hydroxylation is 1. The molecular weight excluding hydrogens is 250 g/mol. The van der Waals surface area contributed by atoms with Crippen LogP contribution in [0.2, 0.25) is 0 Å². The van der Waals surface area contributed by atoms with Gasteiger partial charge in [0.1, 0.15) is 5.58 Å². The summed E-state index contributed by atoms with van der Waals surface area (Å²) < 4.78 is 5.83. The summed E-state index contributed by atoms with van der Waals surface area (Å²) in [6, 6.07) is 7.95. The predicted octanol–water partition coefficient (Wildman–Crippen LogP) is 3.31. The minimum atomic E-state index is 0.186.